The molecule has 0 spiro atoms. The van der Waals surface area contributed by atoms with E-state index in [1.54, 1.807) is 6.07 Å². The van der Waals surface area contributed by atoms with Crippen LogP contribution in [0.15, 0.2) is 36.4 Å². The van der Waals surface area contributed by atoms with Crippen LogP contribution in [0.5, 0.6) is 11.5 Å². The van der Waals surface area contributed by atoms with Crippen molar-refractivity contribution in [3.8, 4) is 11.5 Å². The van der Waals surface area contributed by atoms with E-state index in [0.29, 0.717) is 31.7 Å². The van der Waals surface area contributed by atoms with Crippen LogP contribution in [0.25, 0.3) is 0 Å². The lowest BCUT2D eigenvalue weighted by atomic mass is 10.0. The number of ether oxygens (including phenoxy) is 2. The zero-order valence-electron chi connectivity index (χ0n) is 17.6. The van der Waals surface area contributed by atoms with Gasteiger partial charge in [0, 0.05) is 51.3 Å². The number of fused-ring (bicyclic) bond motifs is 2. The van der Waals surface area contributed by atoms with E-state index in [1.165, 1.54) is 11.1 Å². The molecule has 2 aromatic rings. The molecular weight excluding hydrogens is 394 g/mol. The van der Waals surface area contributed by atoms with Gasteiger partial charge in [0.25, 0.3) is 5.91 Å². The highest BCUT2D eigenvalue weighted by Crippen LogP contribution is 2.27. The lowest BCUT2D eigenvalue weighted by Crippen LogP contribution is -2.49. The highest BCUT2D eigenvalue weighted by atomic mass is 16.5. The lowest BCUT2D eigenvalue weighted by Gasteiger charge is -2.34. The van der Waals surface area contributed by atoms with Gasteiger partial charge in [0.2, 0.25) is 5.91 Å². The SMILES string of the molecule is O=C1CCc2cc(OCC(=O)N3CCN(Cc4ccc5c(c4)CCO5)CC3)ccc2N1. The van der Waals surface area contributed by atoms with E-state index in [4.69, 9.17) is 9.47 Å². The summed E-state index contributed by atoms with van der Waals surface area (Å²) in [4.78, 5) is 28.3. The van der Waals surface area contributed by atoms with E-state index < -0.39 is 0 Å². The molecule has 1 fully saturated rings. The minimum Gasteiger partial charge on any atom is -0.493 e. The fourth-order valence-electron chi connectivity index (χ4n) is 4.44. The Morgan fingerprint density at radius 2 is 1.87 bits per heavy atom. The molecule has 0 aliphatic carbocycles. The molecule has 1 N–H and O–H groups in total. The van der Waals surface area contributed by atoms with Gasteiger partial charge in [0.1, 0.15) is 11.5 Å². The summed E-state index contributed by atoms with van der Waals surface area (Å²) in [7, 11) is 0. The Hall–Kier alpha value is -3.06. The van der Waals surface area contributed by atoms with Crippen molar-refractivity contribution in [2.75, 3.05) is 44.7 Å². The fourth-order valence-corrected chi connectivity index (χ4v) is 4.44. The van der Waals surface area contributed by atoms with Crippen LogP contribution in [0.2, 0.25) is 0 Å². The van der Waals surface area contributed by atoms with Crippen LogP contribution in [0.3, 0.4) is 0 Å². The van der Waals surface area contributed by atoms with E-state index in [1.807, 2.05) is 17.0 Å². The second kappa shape index (κ2) is 8.59. The van der Waals surface area contributed by atoms with Crippen LogP contribution >= 0.6 is 0 Å². The molecule has 2 aromatic carbocycles. The molecule has 0 atom stereocenters. The van der Waals surface area contributed by atoms with Crippen molar-refractivity contribution in [1.82, 2.24) is 9.80 Å². The second-order valence-electron chi connectivity index (χ2n) is 8.35. The summed E-state index contributed by atoms with van der Waals surface area (Å²) in [6.07, 6.45) is 2.18. The molecule has 7 nitrogen and oxygen atoms in total. The summed E-state index contributed by atoms with van der Waals surface area (Å²) in [5.74, 6) is 1.74. The highest BCUT2D eigenvalue weighted by Gasteiger charge is 2.22. The molecule has 2 amide bonds. The number of carbonyl (C=O) groups is 2. The highest BCUT2D eigenvalue weighted by molar-refractivity contribution is 5.94. The molecule has 5 rings (SSSR count). The van der Waals surface area contributed by atoms with Crippen molar-refractivity contribution in [3.63, 3.8) is 0 Å². The molecule has 0 saturated carbocycles. The van der Waals surface area contributed by atoms with Gasteiger partial charge in [0.05, 0.1) is 6.61 Å². The van der Waals surface area contributed by atoms with Gasteiger partial charge in [-0.25, -0.2) is 0 Å². The molecular formula is C24H27N3O4. The number of carbonyl (C=O) groups excluding carboxylic acids is 2. The number of hydrogen-bond acceptors (Lipinski definition) is 5. The summed E-state index contributed by atoms with van der Waals surface area (Å²) < 4.78 is 11.3. The number of aryl methyl sites for hydroxylation is 1. The van der Waals surface area contributed by atoms with Crippen molar-refractivity contribution in [3.05, 3.63) is 53.1 Å². The molecule has 3 aliphatic heterocycles. The van der Waals surface area contributed by atoms with Crippen LogP contribution in [0.1, 0.15) is 23.1 Å². The molecule has 7 heteroatoms. The molecule has 0 aromatic heterocycles. The minimum atomic E-state index is 0.0142. The van der Waals surface area contributed by atoms with Crippen molar-refractivity contribution >= 4 is 17.5 Å². The quantitative estimate of drug-likeness (QED) is 0.802. The van der Waals surface area contributed by atoms with E-state index in [0.717, 1.165) is 49.7 Å². The number of anilines is 1. The van der Waals surface area contributed by atoms with Gasteiger partial charge >= 0.3 is 0 Å². The second-order valence-corrected chi connectivity index (χ2v) is 8.35. The Morgan fingerprint density at radius 1 is 1.00 bits per heavy atom. The maximum atomic E-state index is 12.6. The number of nitrogens with one attached hydrogen (secondary N) is 1. The maximum absolute atomic E-state index is 12.6. The van der Waals surface area contributed by atoms with Crippen molar-refractivity contribution < 1.29 is 19.1 Å². The number of piperazine rings is 1. The van der Waals surface area contributed by atoms with Gasteiger partial charge in [-0.1, -0.05) is 12.1 Å². The molecule has 3 heterocycles. The van der Waals surface area contributed by atoms with Crippen LogP contribution < -0.4 is 14.8 Å². The maximum Gasteiger partial charge on any atom is 0.260 e. The van der Waals surface area contributed by atoms with Crippen LogP contribution in [-0.4, -0.2) is 61.0 Å². The predicted molar refractivity (Wildman–Crippen MR) is 116 cm³/mol. The summed E-state index contributed by atoms with van der Waals surface area (Å²) in [6, 6.07) is 12.0. The fraction of sp³-hybridized carbons (Fsp3) is 0.417. The van der Waals surface area contributed by atoms with Gasteiger partial charge in [-0.2, -0.15) is 0 Å². The van der Waals surface area contributed by atoms with Crippen LogP contribution in [0.4, 0.5) is 5.69 Å². The number of nitrogens with zero attached hydrogens (tertiary/aromatic N) is 2. The average molecular weight is 421 g/mol. The third kappa shape index (κ3) is 4.51. The van der Waals surface area contributed by atoms with Crippen molar-refractivity contribution in [2.24, 2.45) is 0 Å². The first kappa shape index (κ1) is 19.9. The molecule has 0 unspecified atom stereocenters. The van der Waals surface area contributed by atoms with E-state index in [-0.39, 0.29) is 18.4 Å². The Kier molecular flexibility index (Phi) is 5.51. The third-order valence-electron chi connectivity index (χ3n) is 6.22. The van der Waals surface area contributed by atoms with Gasteiger partial charge in [-0.3, -0.25) is 14.5 Å². The van der Waals surface area contributed by atoms with Crippen LogP contribution in [0, 0.1) is 0 Å². The normalized spacial score (nSPS) is 18.1. The lowest BCUT2D eigenvalue weighted by molar-refractivity contribution is -0.135. The zero-order chi connectivity index (χ0) is 21.2. The Labute approximate surface area is 181 Å². The number of rotatable bonds is 5. The zero-order valence-corrected chi connectivity index (χ0v) is 17.6. The Bertz CT molecular complexity index is 998. The molecule has 162 valence electrons. The summed E-state index contributed by atoms with van der Waals surface area (Å²) >= 11 is 0. The van der Waals surface area contributed by atoms with Crippen molar-refractivity contribution in [2.45, 2.75) is 25.8 Å². The predicted octanol–water partition coefficient (Wildman–Crippen LogP) is 2.23. The Balaban J connectivity index is 1.09. The van der Waals surface area contributed by atoms with Crippen molar-refractivity contribution in [1.29, 1.82) is 0 Å². The van der Waals surface area contributed by atoms with Gasteiger partial charge in [-0.15, -0.1) is 0 Å². The summed E-state index contributed by atoms with van der Waals surface area (Å²) in [5.41, 5.74) is 4.49. The first-order chi connectivity index (χ1) is 15.1. The molecule has 0 bridgehead atoms. The smallest absolute Gasteiger partial charge is 0.260 e. The first-order valence-electron chi connectivity index (χ1n) is 10.9. The van der Waals surface area contributed by atoms with Gasteiger partial charge in [-0.05, 0) is 47.4 Å². The van der Waals surface area contributed by atoms with Gasteiger partial charge in [0.15, 0.2) is 6.61 Å². The minimum absolute atomic E-state index is 0.0142. The molecule has 0 radical (unpaired) electrons. The first-order valence-corrected chi connectivity index (χ1v) is 10.9. The van der Waals surface area contributed by atoms with E-state index in [9.17, 15) is 9.59 Å². The van der Waals surface area contributed by atoms with Gasteiger partial charge < -0.3 is 19.7 Å². The molecule has 1 saturated heterocycles. The number of benzene rings is 2. The Morgan fingerprint density at radius 3 is 2.74 bits per heavy atom. The number of amides is 2. The third-order valence-corrected chi connectivity index (χ3v) is 6.22. The summed E-state index contributed by atoms with van der Waals surface area (Å²) in [5, 5.41) is 2.86. The monoisotopic (exact) mass is 421 g/mol. The van der Waals surface area contributed by atoms with E-state index >= 15 is 0 Å². The molecule has 31 heavy (non-hydrogen) atoms. The molecule has 3 aliphatic rings. The summed E-state index contributed by atoms with van der Waals surface area (Å²) in [6.45, 7) is 4.87. The van der Waals surface area contributed by atoms with E-state index in [2.05, 4.69) is 28.4 Å². The number of hydrogen-bond donors (Lipinski definition) is 1. The largest absolute Gasteiger partial charge is 0.493 e. The van der Waals surface area contributed by atoms with Crippen LogP contribution in [-0.2, 0) is 29.0 Å². The topological polar surface area (TPSA) is 71.1 Å². The average Bonchev–Trinajstić information content (AvgIpc) is 3.26. The standard InChI is InChI=1S/C24H27N3O4/c28-23-6-2-18-14-20(3-4-21(18)25-23)31-16-24(29)27-10-8-26(9-11-27)15-17-1-5-22-19(13-17)7-12-30-22/h1,3-5,13-14H,2,6-12,15-16H2,(H,25,28).